The summed E-state index contributed by atoms with van der Waals surface area (Å²) >= 11 is 3.52. The molecule has 0 radical (unpaired) electrons. The SMILES string of the molecule is CC(C)(C)OC(=O)N[C@@H](Cc1ccccn1)c1ccccc1-c1noc2c(Br)cccc12. The van der Waals surface area contributed by atoms with Crippen molar-refractivity contribution in [1.29, 1.82) is 0 Å². The predicted octanol–water partition coefficient (Wildman–Crippen LogP) is 6.46. The van der Waals surface area contributed by atoms with E-state index in [4.69, 9.17) is 9.26 Å². The molecule has 2 aromatic heterocycles. The van der Waals surface area contributed by atoms with Crippen LogP contribution in [0.4, 0.5) is 4.79 Å². The van der Waals surface area contributed by atoms with Crippen LogP contribution in [-0.2, 0) is 11.2 Å². The van der Waals surface area contributed by atoms with Gasteiger partial charge in [0, 0.05) is 23.9 Å². The monoisotopic (exact) mass is 493 g/mol. The molecule has 2 heterocycles. The van der Waals surface area contributed by atoms with Gasteiger partial charge < -0.3 is 14.6 Å². The molecule has 0 unspecified atom stereocenters. The lowest BCUT2D eigenvalue weighted by atomic mass is 9.93. The van der Waals surface area contributed by atoms with Gasteiger partial charge in [-0.15, -0.1) is 0 Å². The van der Waals surface area contributed by atoms with Crippen molar-refractivity contribution in [3.63, 3.8) is 0 Å². The van der Waals surface area contributed by atoms with E-state index < -0.39 is 11.7 Å². The topological polar surface area (TPSA) is 77.2 Å². The number of nitrogens with one attached hydrogen (secondary N) is 1. The molecule has 1 atom stereocenters. The Morgan fingerprint density at radius 3 is 2.62 bits per heavy atom. The summed E-state index contributed by atoms with van der Waals surface area (Å²) in [6.45, 7) is 5.52. The van der Waals surface area contributed by atoms with Gasteiger partial charge in [0.25, 0.3) is 0 Å². The number of hydrogen-bond donors (Lipinski definition) is 1. The number of para-hydroxylation sites is 1. The van der Waals surface area contributed by atoms with E-state index in [2.05, 4.69) is 31.4 Å². The number of halogens is 1. The molecule has 4 rings (SSSR count). The number of alkyl carbamates (subject to hydrolysis) is 1. The summed E-state index contributed by atoms with van der Waals surface area (Å²) in [4.78, 5) is 17.1. The highest BCUT2D eigenvalue weighted by Crippen LogP contribution is 2.36. The smallest absolute Gasteiger partial charge is 0.408 e. The normalized spacial score (nSPS) is 12.5. The average Bonchev–Trinajstić information content (AvgIpc) is 3.18. The molecule has 0 spiro atoms. The van der Waals surface area contributed by atoms with Crippen LogP contribution in [0.2, 0.25) is 0 Å². The number of benzene rings is 2. The van der Waals surface area contributed by atoms with Crippen molar-refractivity contribution in [2.45, 2.75) is 38.8 Å². The van der Waals surface area contributed by atoms with E-state index in [1.54, 1.807) is 6.20 Å². The van der Waals surface area contributed by atoms with Crippen LogP contribution in [0.5, 0.6) is 0 Å². The molecule has 32 heavy (non-hydrogen) atoms. The number of fused-ring (bicyclic) bond motifs is 1. The molecule has 0 aliphatic carbocycles. The van der Waals surface area contributed by atoms with Gasteiger partial charge in [-0.25, -0.2) is 4.79 Å². The van der Waals surface area contributed by atoms with Gasteiger partial charge in [-0.2, -0.15) is 0 Å². The molecule has 0 saturated carbocycles. The molecule has 4 aromatic rings. The first kappa shape index (κ1) is 22.0. The Morgan fingerprint density at radius 2 is 1.88 bits per heavy atom. The largest absolute Gasteiger partial charge is 0.444 e. The minimum absolute atomic E-state index is 0.380. The van der Waals surface area contributed by atoms with E-state index in [0.29, 0.717) is 17.7 Å². The second-order valence-electron chi connectivity index (χ2n) is 8.46. The lowest BCUT2D eigenvalue weighted by molar-refractivity contribution is 0.0503. The highest BCUT2D eigenvalue weighted by Gasteiger charge is 2.25. The van der Waals surface area contributed by atoms with Gasteiger partial charge in [-0.05, 0) is 66.5 Å². The lowest BCUT2D eigenvalue weighted by Gasteiger charge is -2.25. The van der Waals surface area contributed by atoms with E-state index in [1.165, 1.54) is 0 Å². The van der Waals surface area contributed by atoms with Gasteiger partial charge in [0.1, 0.15) is 11.3 Å². The first-order chi connectivity index (χ1) is 15.3. The van der Waals surface area contributed by atoms with Crippen molar-refractivity contribution in [2.75, 3.05) is 0 Å². The van der Waals surface area contributed by atoms with Crippen molar-refractivity contribution in [2.24, 2.45) is 0 Å². The van der Waals surface area contributed by atoms with Crippen molar-refractivity contribution in [3.05, 3.63) is 82.6 Å². The van der Waals surface area contributed by atoms with E-state index in [-0.39, 0.29) is 6.04 Å². The Labute approximate surface area is 195 Å². The Balaban J connectivity index is 1.77. The molecule has 2 aromatic carbocycles. The third-order valence-corrected chi connectivity index (χ3v) is 5.50. The Kier molecular flexibility index (Phi) is 6.28. The van der Waals surface area contributed by atoms with E-state index >= 15 is 0 Å². The second kappa shape index (κ2) is 9.12. The van der Waals surface area contributed by atoms with E-state index in [9.17, 15) is 4.79 Å². The molecule has 0 fully saturated rings. The number of aromatic nitrogens is 2. The van der Waals surface area contributed by atoms with E-state index in [1.807, 2.05) is 81.4 Å². The quantitative estimate of drug-likeness (QED) is 0.345. The van der Waals surface area contributed by atoms with Gasteiger partial charge in [0.05, 0.1) is 15.9 Å². The highest BCUT2D eigenvalue weighted by molar-refractivity contribution is 9.10. The number of nitrogens with zero attached hydrogens (tertiary/aromatic N) is 2. The molecule has 0 bridgehead atoms. The zero-order valence-electron chi connectivity index (χ0n) is 18.1. The molecule has 7 heteroatoms. The molecule has 164 valence electrons. The van der Waals surface area contributed by atoms with Crippen LogP contribution >= 0.6 is 15.9 Å². The molecule has 1 amide bonds. The molecular weight excluding hydrogens is 470 g/mol. The summed E-state index contributed by atoms with van der Waals surface area (Å²) in [5.74, 6) is 0. The molecule has 0 aliphatic rings. The fourth-order valence-corrected chi connectivity index (χ4v) is 3.99. The molecule has 1 N–H and O–H groups in total. The van der Waals surface area contributed by atoms with E-state index in [0.717, 1.165) is 26.7 Å². The summed E-state index contributed by atoms with van der Waals surface area (Å²) in [6.07, 6.45) is 1.76. The lowest BCUT2D eigenvalue weighted by Crippen LogP contribution is -2.36. The van der Waals surface area contributed by atoms with Crippen LogP contribution in [0.1, 0.15) is 38.1 Å². The van der Waals surface area contributed by atoms with Crippen LogP contribution in [0.3, 0.4) is 0 Å². The number of ether oxygens (including phenoxy) is 1. The number of pyridine rings is 1. The fraction of sp³-hybridized carbons (Fsp3) is 0.240. The third kappa shape index (κ3) is 4.99. The minimum Gasteiger partial charge on any atom is -0.444 e. The van der Waals surface area contributed by atoms with Gasteiger partial charge in [-0.3, -0.25) is 4.98 Å². The maximum atomic E-state index is 12.7. The number of amides is 1. The van der Waals surface area contributed by atoms with Crippen LogP contribution in [-0.4, -0.2) is 21.8 Å². The van der Waals surface area contributed by atoms with Gasteiger partial charge in [-0.1, -0.05) is 41.6 Å². The van der Waals surface area contributed by atoms with Crippen molar-refractivity contribution >= 4 is 33.0 Å². The standard InChI is InChI=1S/C25H24BrN3O3/c1-25(2,3)31-24(30)28-21(15-16-9-6-7-14-27-16)17-10-4-5-11-18(17)22-19-12-8-13-20(26)23(19)32-29-22/h4-14,21H,15H2,1-3H3,(H,28,30)/t21-/m0/s1. The number of hydrogen-bond acceptors (Lipinski definition) is 5. The Morgan fingerprint density at radius 1 is 1.09 bits per heavy atom. The Hall–Kier alpha value is -3.19. The summed E-state index contributed by atoms with van der Waals surface area (Å²) in [7, 11) is 0. The van der Waals surface area contributed by atoms with Gasteiger partial charge in [0.15, 0.2) is 5.58 Å². The zero-order valence-corrected chi connectivity index (χ0v) is 19.7. The van der Waals surface area contributed by atoms with Crippen LogP contribution < -0.4 is 5.32 Å². The highest BCUT2D eigenvalue weighted by atomic mass is 79.9. The summed E-state index contributed by atoms with van der Waals surface area (Å²) in [5, 5.41) is 8.27. The maximum Gasteiger partial charge on any atom is 0.408 e. The summed E-state index contributed by atoms with van der Waals surface area (Å²) in [5.41, 5.74) is 3.43. The molecular formula is C25H24BrN3O3. The van der Waals surface area contributed by atoms with Gasteiger partial charge >= 0.3 is 6.09 Å². The summed E-state index contributed by atoms with van der Waals surface area (Å²) in [6, 6.07) is 19.0. The van der Waals surface area contributed by atoms with Crippen molar-refractivity contribution < 1.29 is 14.1 Å². The predicted molar refractivity (Wildman–Crippen MR) is 127 cm³/mol. The molecule has 0 aliphatic heterocycles. The number of carbonyl (C=O) groups is 1. The third-order valence-electron chi connectivity index (χ3n) is 4.87. The van der Waals surface area contributed by atoms with Crippen LogP contribution in [0.25, 0.3) is 22.2 Å². The molecule has 0 saturated heterocycles. The fourth-order valence-electron chi connectivity index (χ4n) is 3.56. The average molecular weight is 494 g/mol. The molecule has 6 nitrogen and oxygen atoms in total. The zero-order chi connectivity index (χ0) is 22.7. The van der Waals surface area contributed by atoms with Gasteiger partial charge in [0.2, 0.25) is 0 Å². The second-order valence-corrected chi connectivity index (χ2v) is 9.31. The van der Waals surface area contributed by atoms with Crippen molar-refractivity contribution in [3.8, 4) is 11.3 Å². The first-order valence-electron chi connectivity index (χ1n) is 10.3. The number of carbonyl (C=O) groups excluding carboxylic acids is 1. The van der Waals surface area contributed by atoms with Crippen molar-refractivity contribution in [1.82, 2.24) is 15.5 Å². The Bertz CT molecular complexity index is 1230. The first-order valence-corrected chi connectivity index (χ1v) is 11.1. The number of rotatable bonds is 5. The van der Waals surface area contributed by atoms with Crippen LogP contribution in [0.15, 0.2) is 75.9 Å². The van der Waals surface area contributed by atoms with Crippen LogP contribution in [0, 0.1) is 0 Å². The minimum atomic E-state index is -0.603. The summed E-state index contributed by atoms with van der Waals surface area (Å²) < 4.78 is 12.0. The maximum absolute atomic E-state index is 12.7.